The molecule has 39 heavy (non-hydrogen) atoms. The molecule has 11 heteroatoms. The monoisotopic (exact) mass is 553 g/mol. The first kappa shape index (κ1) is 26.4. The number of hydrogen-bond donors (Lipinski definition) is 2. The van der Waals surface area contributed by atoms with Crippen molar-refractivity contribution >= 4 is 28.9 Å². The first-order valence-corrected chi connectivity index (χ1v) is 12.5. The van der Waals surface area contributed by atoms with Crippen molar-refractivity contribution in [2.24, 2.45) is 0 Å². The average molecular weight is 554 g/mol. The fourth-order valence-electron chi connectivity index (χ4n) is 4.67. The first-order chi connectivity index (χ1) is 18.7. The third-order valence-electron chi connectivity index (χ3n) is 6.46. The van der Waals surface area contributed by atoms with Gasteiger partial charge in [0.15, 0.2) is 5.11 Å². The number of anilines is 1. The molecule has 4 aromatic rings. The Morgan fingerprint density at radius 1 is 1.03 bits per heavy atom. The molecule has 2 atom stereocenters. The van der Waals surface area contributed by atoms with Crippen molar-refractivity contribution in [2.75, 3.05) is 11.9 Å². The maximum absolute atomic E-state index is 14.0. The van der Waals surface area contributed by atoms with Gasteiger partial charge in [-0.05, 0) is 66.8 Å². The van der Waals surface area contributed by atoms with E-state index in [0.717, 1.165) is 12.1 Å². The SMILES string of the molecule is O=C(CCN1C(=S)N[C@H](c2ccccn2)[C@H]1c1cccn1-c1cccc(C(F)(F)F)c1)Nc1ccccc1F. The molecule has 0 unspecified atom stereocenters. The van der Waals surface area contributed by atoms with Crippen LogP contribution in [0.15, 0.2) is 91.3 Å². The van der Waals surface area contributed by atoms with Crippen LogP contribution in [0.1, 0.15) is 35.5 Å². The molecule has 1 fully saturated rings. The number of carbonyl (C=O) groups is 1. The quantitative estimate of drug-likeness (QED) is 0.216. The predicted molar refractivity (Wildman–Crippen MR) is 143 cm³/mol. The molecule has 1 amide bonds. The third kappa shape index (κ3) is 5.63. The van der Waals surface area contributed by atoms with E-state index >= 15 is 0 Å². The Morgan fingerprint density at radius 2 is 1.82 bits per heavy atom. The summed E-state index contributed by atoms with van der Waals surface area (Å²) in [5, 5.41) is 6.20. The fraction of sp³-hybridized carbons (Fsp3) is 0.179. The number of carbonyl (C=O) groups excluding carboxylic acids is 1. The van der Waals surface area contributed by atoms with Crippen LogP contribution in [0.3, 0.4) is 0 Å². The molecular formula is C28H23F4N5OS. The van der Waals surface area contributed by atoms with Crippen molar-refractivity contribution in [1.29, 1.82) is 0 Å². The highest BCUT2D eigenvalue weighted by Gasteiger charge is 2.41. The Morgan fingerprint density at radius 3 is 2.56 bits per heavy atom. The van der Waals surface area contributed by atoms with Crippen molar-refractivity contribution in [1.82, 2.24) is 19.8 Å². The minimum absolute atomic E-state index is 0.00808. The summed E-state index contributed by atoms with van der Waals surface area (Å²) in [7, 11) is 0. The largest absolute Gasteiger partial charge is 0.416 e. The van der Waals surface area contributed by atoms with Gasteiger partial charge in [-0.25, -0.2) is 4.39 Å². The molecule has 6 nitrogen and oxygen atoms in total. The lowest BCUT2D eigenvalue weighted by molar-refractivity contribution is -0.137. The van der Waals surface area contributed by atoms with Crippen LogP contribution in [0.5, 0.6) is 0 Å². The summed E-state index contributed by atoms with van der Waals surface area (Å²) < 4.78 is 56.0. The maximum Gasteiger partial charge on any atom is 0.416 e. The summed E-state index contributed by atoms with van der Waals surface area (Å²) in [5.41, 5.74) is 0.986. The molecule has 0 bridgehead atoms. The van der Waals surface area contributed by atoms with Gasteiger partial charge in [-0.3, -0.25) is 9.78 Å². The number of alkyl halides is 3. The highest BCUT2D eigenvalue weighted by atomic mass is 32.1. The van der Waals surface area contributed by atoms with Crippen molar-refractivity contribution in [3.05, 3.63) is 114 Å². The van der Waals surface area contributed by atoms with E-state index in [1.165, 1.54) is 24.3 Å². The smallest absolute Gasteiger partial charge is 0.352 e. The summed E-state index contributed by atoms with van der Waals surface area (Å²) in [5.74, 6) is -0.951. The second-order valence-electron chi connectivity index (χ2n) is 8.95. The van der Waals surface area contributed by atoms with Gasteiger partial charge in [0.25, 0.3) is 0 Å². The van der Waals surface area contributed by atoms with Gasteiger partial charge < -0.3 is 20.1 Å². The average Bonchev–Trinajstić information content (AvgIpc) is 3.53. The molecule has 0 radical (unpaired) electrons. The lowest BCUT2D eigenvalue weighted by Gasteiger charge is -2.29. The van der Waals surface area contributed by atoms with Crippen LogP contribution in [0.25, 0.3) is 5.69 Å². The molecule has 0 aliphatic carbocycles. The van der Waals surface area contributed by atoms with Gasteiger partial charge in [-0.2, -0.15) is 13.2 Å². The van der Waals surface area contributed by atoms with Crippen LogP contribution < -0.4 is 10.6 Å². The molecule has 3 heterocycles. The Labute approximate surface area is 227 Å². The fourth-order valence-corrected chi connectivity index (χ4v) is 5.00. The number of halogens is 4. The number of pyridine rings is 1. The van der Waals surface area contributed by atoms with Gasteiger partial charge in [0.05, 0.1) is 29.0 Å². The van der Waals surface area contributed by atoms with E-state index in [9.17, 15) is 22.4 Å². The second kappa shape index (κ2) is 10.9. The number of benzene rings is 2. The number of rotatable bonds is 7. The third-order valence-corrected chi connectivity index (χ3v) is 6.81. The number of hydrogen-bond acceptors (Lipinski definition) is 3. The number of nitrogens with zero attached hydrogens (tertiary/aromatic N) is 3. The second-order valence-corrected chi connectivity index (χ2v) is 9.34. The van der Waals surface area contributed by atoms with Crippen LogP contribution in [0.4, 0.5) is 23.2 Å². The Bertz CT molecular complexity index is 1490. The number of thiocarbonyl (C=S) groups is 1. The van der Waals surface area contributed by atoms with Crippen LogP contribution in [-0.4, -0.2) is 32.0 Å². The lowest BCUT2D eigenvalue weighted by atomic mass is 10.0. The van der Waals surface area contributed by atoms with E-state index in [2.05, 4.69) is 15.6 Å². The minimum atomic E-state index is -4.49. The normalized spacial score (nSPS) is 17.2. The predicted octanol–water partition coefficient (Wildman–Crippen LogP) is 6.03. The highest BCUT2D eigenvalue weighted by molar-refractivity contribution is 7.80. The molecule has 2 aromatic carbocycles. The molecular weight excluding hydrogens is 530 g/mol. The summed E-state index contributed by atoms with van der Waals surface area (Å²) in [6.07, 6.45) is -1.17. The first-order valence-electron chi connectivity index (χ1n) is 12.1. The van der Waals surface area contributed by atoms with Crippen LogP contribution in [0, 0.1) is 5.82 Å². The number of para-hydroxylation sites is 1. The molecule has 5 rings (SSSR count). The van der Waals surface area contributed by atoms with Crippen LogP contribution in [-0.2, 0) is 11.0 Å². The van der Waals surface area contributed by atoms with Crippen molar-refractivity contribution in [3.8, 4) is 5.69 Å². The Kier molecular flexibility index (Phi) is 7.34. The van der Waals surface area contributed by atoms with Gasteiger partial charge >= 0.3 is 6.18 Å². The van der Waals surface area contributed by atoms with Crippen molar-refractivity contribution < 1.29 is 22.4 Å². The van der Waals surface area contributed by atoms with Gasteiger partial charge in [0, 0.05) is 36.7 Å². The highest BCUT2D eigenvalue weighted by Crippen LogP contribution is 2.40. The van der Waals surface area contributed by atoms with Crippen LogP contribution >= 0.6 is 12.2 Å². The summed E-state index contributed by atoms with van der Waals surface area (Å²) in [4.78, 5) is 19.0. The topological polar surface area (TPSA) is 62.2 Å². The molecule has 2 aromatic heterocycles. The van der Waals surface area contributed by atoms with E-state index in [0.29, 0.717) is 22.2 Å². The molecule has 0 saturated carbocycles. The number of aromatic nitrogens is 2. The zero-order valence-corrected chi connectivity index (χ0v) is 21.2. The summed E-state index contributed by atoms with van der Waals surface area (Å²) >= 11 is 5.64. The van der Waals surface area contributed by atoms with Crippen molar-refractivity contribution in [3.63, 3.8) is 0 Å². The van der Waals surface area contributed by atoms with Crippen molar-refractivity contribution in [2.45, 2.75) is 24.7 Å². The number of amides is 1. The number of nitrogens with one attached hydrogen (secondary N) is 2. The molecule has 1 aliphatic heterocycles. The summed E-state index contributed by atoms with van der Waals surface area (Å²) in [6.45, 7) is 0.174. The zero-order valence-electron chi connectivity index (χ0n) is 20.4. The van der Waals surface area contributed by atoms with Gasteiger partial charge in [0.1, 0.15) is 5.82 Å². The molecule has 200 valence electrons. The molecule has 2 N–H and O–H groups in total. The van der Waals surface area contributed by atoms with Gasteiger partial charge in [0.2, 0.25) is 5.91 Å². The van der Waals surface area contributed by atoms with E-state index in [1.54, 1.807) is 41.2 Å². The van der Waals surface area contributed by atoms with E-state index in [4.69, 9.17) is 12.2 Å². The Balaban J connectivity index is 1.47. The van der Waals surface area contributed by atoms with Gasteiger partial charge in [-0.15, -0.1) is 0 Å². The Hall–Kier alpha value is -4.25. The van der Waals surface area contributed by atoms with E-state index < -0.39 is 35.5 Å². The maximum atomic E-state index is 14.0. The summed E-state index contributed by atoms with van der Waals surface area (Å²) in [6, 6.07) is 19.0. The van der Waals surface area contributed by atoms with Gasteiger partial charge in [-0.1, -0.05) is 24.3 Å². The van der Waals surface area contributed by atoms with E-state index in [-0.39, 0.29) is 18.7 Å². The lowest BCUT2D eigenvalue weighted by Crippen LogP contribution is -2.33. The standard InChI is InChI=1S/C28H23F4N5OS/c29-20-9-1-2-10-21(20)34-24(38)13-16-37-26(25(35-27(37)39)22-11-3-4-14-33-22)23-12-6-15-36(23)19-8-5-7-18(17-19)28(30,31)32/h1-12,14-15,17,25-26H,13,16H2,(H,34,38)(H,35,39)/t25-,26-/m1/s1. The molecule has 1 aliphatic rings. The molecule has 1 saturated heterocycles. The zero-order chi connectivity index (χ0) is 27.6. The minimum Gasteiger partial charge on any atom is -0.352 e. The molecule has 0 spiro atoms. The van der Waals surface area contributed by atoms with E-state index in [1.807, 2.05) is 23.1 Å². The van der Waals surface area contributed by atoms with Crippen LogP contribution in [0.2, 0.25) is 0 Å².